The van der Waals surface area contributed by atoms with Crippen molar-refractivity contribution < 1.29 is 8.78 Å². The first-order valence-electron chi connectivity index (χ1n) is 3.90. The van der Waals surface area contributed by atoms with Gasteiger partial charge in [0.1, 0.15) is 12.1 Å². The third kappa shape index (κ3) is 3.00. The Morgan fingerprint density at radius 1 is 1.36 bits per heavy atom. The highest BCUT2D eigenvalue weighted by molar-refractivity contribution is 7.18. The van der Waals surface area contributed by atoms with Crippen LogP contribution >= 0.6 is 9.24 Å². The second-order valence-electron chi connectivity index (χ2n) is 3.07. The van der Waals surface area contributed by atoms with Gasteiger partial charge in [-0.15, -0.1) is 0 Å². The van der Waals surface area contributed by atoms with Crippen LogP contribution in [0.15, 0.2) is 0 Å². The normalized spacial score (nSPS) is 25.4. The van der Waals surface area contributed by atoms with Crippen LogP contribution in [0.3, 0.4) is 0 Å². The molecule has 1 saturated heterocycles. The summed E-state index contributed by atoms with van der Waals surface area (Å²) < 4.78 is 25.0. The molecule has 0 saturated carbocycles. The minimum absolute atomic E-state index is 0.323. The predicted molar refractivity (Wildman–Crippen MR) is 45.2 cm³/mol. The number of halogens is 2. The van der Waals surface area contributed by atoms with Gasteiger partial charge in [0, 0.05) is 19.6 Å². The Morgan fingerprint density at radius 2 is 1.91 bits per heavy atom. The highest BCUT2D eigenvalue weighted by atomic mass is 31.0. The van der Waals surface area contributed by atoms with E-state index >= 15 is 0 Å². The first-order chi connectivity index (χ1) is 5.14. The van der Waals surface area contributed by atoms with Gasteiger partial charge in [0.25, 0.3) is 0 Å². The molecule has 0 aromatic carbocycles. The van der Waals surface area contributed by atoms with E-state index in [4.69, 9.17) is 0 Å². The lowest BCUT2D eigenvalue weighted by atomic mass is 10.1. The molecule has 1 fully saturated rings. The van der Waals surface area contributed by atoms with Gasteiger partial charge >= 0.3 is 0 Å². The van der Waals surface area contributed by atoms with Crippen molar-refractivity contribution in [3.05, 3.63) is 0 Å². The Kier molecular flexibility index (Phi) is 3.20. The van der Waals surface area contributed by atoms with Gasteiger partial charge in [-0.2, -0.15) is 0 Å². The summed E-state index contributed by atoms with van der Waals surface area (Å²) in [4.78, 5) is 1.96. The molecule has 1 nitrogen and oxygen atoms in total. The number of rotatable bonds is 2. The van der Waals surface area contributed by atoms with E-state index in [0.29, 0.717) is 32.5 Å². The van der Waals surface area contributed by atoms with Crippen molar-refractivity contribution in [1.82, 2.24) is 4.90 Å². The molecule has 1 atom stereocenters. The van der Waals surface area contributed by atoms with E-state index in [1.807, 2.05) is 4.90 Å². The van der Waals surface area contributed by atoms with Crippen molar-refractivity contribution in [2.45, 2.75) is 18.3 Å². The van der Waals surface area contributed by atoms with Crippen LogP contribution < -0.4 is 0 Å². The molecule has 1 unspecified atom stereocenters. The number of hydrogen-bond acceptors (Lipinski definition) is 1. The standard InChI is InChI=1S/C7H14F2NP/c8-3-6-10-4-1-7(9,11)2-5-10/h1-6,11H2. The Balaban J connectivity index is 2.25. The maximum absolute atomic E-state index is 13.1. The van der Waals surface area contributed by atoms with E-state index in [-0.39, 0.29) is 6.67 Å². The minimum Gasteiger partial charge on any atom is -0.300 e. The van der Waals surface area contributed by atoms with E-state index < -0.39 is 5.41 Å². The molecule has 66 valence electrons. The fourth-order valence-electron chi connectivity index (χ4n) is 1.27. The summed E-state index contributed by atoms with van der Waals surface area (Å²) in [6, 6.07) is 0. The van der Waals surface area contributed by atoms with E-state index in [9.17, 15) is 8.78 Å². The van der Waals surface area contributed by atoms with Gasteiger partial charge in [-0.1, -0.05) is 9.24 Å². The summed E-state index contributed by atoms with van der Waals surface area (Å²) in [5.41, 5.74) is 0. The molecule has 0 aliphatic carbocycles. The lowest BCUT2D eigenvalue weighted by Gasteiger charge is -2.33. The Bertz CT molecular complexity index is 120. The molecule has 0 aromatic rings. The van der Waals surface area contributed by atoms with E-state index in [2.05, 4.69) is 9.24 Å². The first-order valence-corrected chi connectivity index (χ1v) is 4.48. The van der Waals surface area contributed by atoms with Crippen LogP contribution in [0.25, 0.3) is 0 Å². The van der Waals surface area contributed by atoms with Gasteiger partial charge in [-0.3, -0.25) is 0 Å². The van der Waals surface area contributed by atoms with Gasteiger partial charge < -0.3 is 4.90 Å². The molecule has 1 rings (SSSR count). The van der Waals surface area contributed by atoms with E-state index in [1.54, 1.807) is 0 Å². The fraction of sp³-hybridized carbons (Fsp3) is 1.00. The summed E-state index contributed by atoms with van der Waals surface area (Å²) in [6.07, 6.45) is 1.02. The molecule has 0 aromatic heterocycles. The van der Waals surface area contributed by atoms with Crippen LogP contribution in [-0.2, 0) is 0 Å². The SMILES string of the molecule is FCCN1CCC(F)(P)CC1. The van der Waals surface area contributed by atoms with Crippen LogP contribution in [0.2, 0.25) is 0 Å². The zero-order chi connectivity index (χ0) is 8.32. The van der Waals surface area contributed by atoms with Crippen molar-refractivity contribution >= 4 is 9.24 Å². The van der Waals surface area contributed by atoms with Gasteiger partial charge in [-0.25, -0.2) is 8.78 Å². The number of nitrogens with zero attached hydrogens (tertiary/aromatic N) is 1. The zero-order valence-corrected chi connectivity index (χ0v) is 7.68. The van der Waals surface area contributed by atoms with Gasteiger partial charge in [0.2, 0.25) is 0 Å². The van der Waals surface area contributed by atoms with Crippen LogP contribution in [0.4, 0.5) is 8.78 Å². The smallest absolute Gasteiger partial charge is 0.126 e. The zero-order valence-electron chi connectivity index (χ0n) is 6.52. The van der Waals surface area contributed by atoms with Crippen molar-refractivity contribution in [3.8, 4) is 0 Å². The van der Waals surface area contributed by atoms with Gasteiger partial charge in [0.15, 0.2) is 0 Å². The Morgan fingerprint density at radius 3 is 2.36 bits per heavy atom. The molecule has 4 heteroatoms. The van der Waals surface area contributed by atoms with Crippen molar-refractivity contribution in [1.29, 1.82) is 0 Å². The number of alkyl halides is 2. The molecule has 11 heavy (non-hydrogen) atoms. The summed E-state index contributed by atoms with van der Waals surface area (Å²) >= 11 is 0. The van der Waals surface area contributed by atoms with E-state index in [1.165, 1.54) is 0 Å². The lowest BCUT2D eigenvalue weighted by Crippen LogP contribution is -2.39. The third-order valence-corrected chi connectivity index (χ3v) is 2.67. The largest absolute Gasteiger partial charge is 0.300 e. The topological polar surface area (TPSA) is 3.24 Å². The summed E-state index contributed by atoms with van der Waals surface area (Å²) in [6.45, 7) is 1.50. The summed E-state index contributed by atoms with van der Waals surface area (Å²) in [5, 5.41) is -1.09. The minimum atomic E-state index is -1.09. The number of piperidine rings is 1. The highest BCUT2D eigenvalue weighted by Crippen LogP contribution is 2.32. The van der Waals surface area contributed by atoms with Crippen LogP contribution in [0.1, 0.15) is 12.8 Å². The van der Waals surface area contributed by atoms with Crippen molar-refractivity contribution in [2.75, 3.05) is 26.3 Å². The maximum Gasteiger partial charge on any atom is 0.126 e. The molecule has 1 heterocycles. The summed E-state index contributed by atoms with van der Waals surface area (Å²) in [5.74, 6) is 0. The van der Waals surface area contributed by atoms with Crippen molar-refractivity contribution in [3.63, 3.8) is 0 Å². The Hall–Kier alpha value is 0.250. The molecular weight excluding hydrogens is 167 g/mol. The second-order valence-corrected chi connectivity index (χ2v) is 4.10. The first kappa shape index (κ1) is 9.34. The second kappa shape index (κ2) is 3.77. The van der Waals surface area contributed by atoms with Crippen LogP contribution in [0, 0.1) is 0 Å². The average molecular weight is 181 g/mol. The molecule has 0 amide bonds. The van der Waals surface area contributed by atoms with Crippen LogP contribution in [-0.4, -0.2) is 36.6 Å². The van der Waals surface area contributed by atoms with E-state index in [0.717, 1.165) is 0 Å². The molecule has 0 N–H and O–H groups in total. The predicted octanol–water partition coefficient (Wildman–Crippen LogP) is 1.59. The monoisotopic (exact) mass is 181 g/mol. The third-order valence-electron chi connectivity index (χ3n) is 2.09. The highest BCUT2D eigenvalue weighted by Gasteiger charge is 2.29. The quantitative estimate of drug-likeness (QED) is 0.585. The average Bonchev–Trinajstić information content (AvgIpc) is 1.94. The van der Waals surface area contributed by atoms with Gasteiger partial charge in [-0.05, 0) is 12.8 Å². The molecular formula is C7H14F2NP. The van der Waals surface area contributed by atoms with Crippen LogP contribution in [0.5, 0.6) is 0 Å². The Labute approximate surface area is 68.3 Å². The number of hydrogen-bond donors (Lipinski definition) is 0. The van der Waals surface area contributed by atoms with Gasteiger partial charge in [0.05, 0.1) is 0 Å². The molecule has 1 aliphatic heterocycles. The fourth-order valence-corrected chi connectivity index (χ4v) is 1.53. The molecule has 1 aliphatic rings. The maximum atomic E-state index is 13.1. The molecule has 0 radical (unpaired) electrons. The molecule has 0 bridgehead atoms. The number of likely N-dealkylation sites (tertiary alicyclic amines) is 1. The lowest BCUT2D eigenvalue weighted by molar-refractivity contribution is 0.122. The summed E-state index contributed by atoms with van der Waals surface area (Å²) in [7, 11) is 2.23. The molecule has 0 spiro atoms. The van der Waals surface area contributed by atoms with Crippen molar-refractivity contribution in [2.24, 2.45) is 0 Å².